The van der Waals surface area contributed by atoms with Crippen LogP contribution < -0.4 is 10.9 Å². The number of aryl methyl sites for hydroxylation is 1. The molecule has 13 heteroatoms. The Hall–Kier alpha value is -3.03. The molecule has 0 saturated carbocycles. The fourth-order valence-electron chi connectivity index (χ4n) is 7.68. The first-order valence-corrected chi connectivity index (χ1v) is 18.7. The van der Waals surface area contributed by atoms with Gasteiger partial charge in [-0.15, -0.1) is 0 Å². The minimum atomic E-state index is -3.38. The zero-order chi connectivity index (χ0) is 33.3. The maximum Gasteiger partial charge on any atom is 0.278 e. The molecule has 6 heterocycles. The third-order valence-corrected chi connectivity index (χ3v) is 12.3. The molecule has 1 aromatic carbocycles. The van der Waals surface area contributed by atoms with Gasteiger partial charge in [-0.3, -0.25) is 14.3 Å². The lowest BCUT2D eigenvalue weighted by atomic mass is 9.84. The number of nitrogens with zero attached hydrogens (tertiary/aromatic N) is 4. The highest BCUT2D eigenvalue weighted by Gasteiger charge is 2.45. The van der Waals surface area contributed by atoms with Crippen LogP contribution in [0.15, 0.2) is 35.4 Å². The second-order valence-electron chi connectivity index (χ2n) is 13.5. The number of nitrogens with one attached hydrogen (secondary N) is 1. The van der Waals surface area contributed by atoms with E-state index in [4.69, 9.17) is 0 Å². The lowest BCUT2D eigenvalue weighted by Crippen LogP contribution is -2.46. The average Bonchev–Trinajstić information content (AvgIpc) is 3.05. The van der Waals surface area contributed by atoms with Crippen LogP contribution in [0.5, 0.6) is 0 Å². The third kappa shape index (κ3) is 6.94. The van der Waals surface area contributed by atoms with Crippen LogP contribution >= 0.6 is 0 Å². The van der Waals surface area contributed by atoms with Gasteiger partial charge in [-0.05, 0) is 70.5 Å². The smallest absolute Gasteiger partial charge is 0.278 e. The van der Waals surface area contributed by atoms with Crippen molar-refractivity contribution in [3.63, 3.8) is 0 Å². The Morgan fingerprint density at radius 1 is 0.979 bits per heavy atom. The SMILES string of the molecule is C[C@H]1Nc2ncnc3c2cc(C2CCS(=O)(=O)CC2)c(=O)n3CCCCCCC(CO)N2CCC(CC2)C(F)(F)c2cccc1c2F. The van der Waals surface area contributed by atoms with Crippen LogP contribution in [0.1, 0.15) is 93.4 Å². The van der Waals surface area contributed by atoms with Crippen molar-refractivity contribution < 1.29 is 26.7 Å². The Bertz CT molecular complexity index is 1750. The summed E-state index contributed by atoms with van der Waals surface area (Å²) in [4.78, 5) is 24.9. The quantitative estimate of drug-likeness (QED) is 0.365. The molecule has 7 rings (SSSR count). The summed E-state index contributed by atoms with van der Waals surface area (Å²) in [6, 6.07) is 4.96. The summed E-state index contributed by atoms with van der Waals surface area (Å²) < 4.78 is 74.0. The molecule has 47 heavy (non-hydrogen) atoms. The number of alkyl halides is 2. The molecule has 4 aliphatic rings. The van der Waals surface area contributed by atoms with E-state index in [1.807, 2.05) is 0 Å². The highest BCUT2D eigenvalue weighted by Crippen LogP contribution is 2.44. The van der Waals surface area contributed by atoms with Crippen molar-refractivity contribution in [1.82, 2.24) is 19.4 Å². The second-order valence-corrected chi connectivity index (χ2v) is 15.8. The number of pyridine rings is 1. The molecule has 0 amide bonds. The minimum absolute atomic E-state index is 0.00987. The highest BCUT2D eigenvalue weighted by atomic mass is 32.2. The molecular weight excluding hydrogens is 631 g/mol. The Labute approximate surface area is 273 Å². The Balaban J connectivity index is 1.41. The average molecular weight is 676 g/mol. The molecule has 9 nitrogen and oxygen atoms in total. The number of hydrogen-bond donors (Lipinski definition) is 2. The molecule has 2 saturated heterocycles. The number of fused-ring (bicyclic) bond motifs is 9. The molecular formula is C34H44F3N5O4S. The van der Waals surface area contributed by atoms with E-state index >= 15 is 13.2 Å². The van der Waals surface area contributed by atoms with E-state index in [1.54, 1.807) is 17.6 Å². The van der Waals surface area contributed by atoms with Crippen molar-refractivity contribution in [3.8, 4) is 0 Å². The van der Waals surface area contributed by atoms with Gasteiger partial charge in [-0.1, -0.05) is 37.5 Å². The number of aliphatic hydroxyl groups is 1. The van der Waals surface area contributed by atoms with Crippen molar-refractivity contribution in [2.75, 3.05) is 36.5 Å². The molecule has 0 radical (unpaired) electrons. The van der Waals surface area contributed by atoms with Gasteiger partial charge < -0.3 is 10.4 Å². The summed E-state index contributed by atoms with van der Waals surface area (Å²) in [6.07, 6.45) is 6.44. The van der Waals surface area contributed by atoms with Gasteiger partial charge in [0.25, 0.3) is 11.5 Å². The summed E-state index contributed by atoms with van der Waals surface area (Å²) in [7, 11) is -3.15. The van der Waals surface area contributed by atoms with Crippen molar-refractivity contribution in [2.24, 2.45) is 5.92 Å². The molecule has 256 valence electrons. The molecule has 0 spiro atoms. The predicted molar refractivity (Wildman–Crippen MR) is 175 cm³/mol. The largest absolute Gasteiger partial charge is 0.395 e. The Morgan fingerprint density at radius 3 is 2.43 bits per heavy atom. The van der Waals surface area contributed by atoms with Crippen molar-refractivity contribution in [2.45, 2.75) is 95.2 Å². The number of halogens is 3. The number of benzene rings is 1. The summed E-state index contributed by atoms with van der Waals surface area (Å²) in [5, 5.41) is 13.9. The molecule has 4 aliphatic heterocycles. The first-order chi connectivity index (χ1) is 22.5. The minimum Gasteiger partial charge on any atom is -0.395 e. The van der Waals surface area contributed by atoms with E-state index in [2.05, 4.69) is 20.2 Å². The van der Waals surface area contributed by atoms with Gasteiger partial charge in [0.1, 0.15) is 33.4 Å². The fraction of sp³-hybridized carbons (Fsp3) is 0.618. The number of piperidine rings is 1. The van der Waals surface area contributed by atoms with E-state index in [-0.39, 0.29) is 54.0 Å². The summed E-state index contributed by atoms with van der Waals surface area (Å²) in [6.45, 7) is 2.87. The number of hydrogen-bond acceptors (Lipinski definition) is 8. The van der Waals surface area contributed by atoms with Gasteiger partial charge in [0.2, 0.25) is 0 Å². The normalized spacial score (nSPS) is 27.3. The maximum atomic E-state index is 16.1. The lowest BCUT2D eigenvalue weighted by molar-refractivity contribution is -0.0926. The first kappa shape index (κ1) is 33.9. The van der Waals surface area contributed by atoms with Crippen LogP contribution in [-0.4, -0.2) is 70.2 Å². The van der Waals surface area contributed by atoms with Crippen molar-refractivity contribution in [3.05, 3.63) is 63.5 Å². The number of aromatic nitrogens is 3. The van der Waals surface area contributed by atoms with Crippen LogP contribution in [0, 0.1) is 11.7 Å². The molecule has 2 fully saturated rings. The fourth-order valence-corrected chi connectivity index (χ4v) is 9.18. The van der Waals surface area contributed by atoms with E-state index < -0.39 is 39.1 Å². The molecule has 1 unspecified atom stereocenters. The molecule has 8 bridgehead atoms. The van der Waals surface area contributed by atoms with Crippen LogP contribution in [0.25, 0.3) is 11.0 Å². The lowest BCUT2D eigenvalue weighted by Gasteiger charge is -2.39. The van der Waals surface area contributed by atoms with Gasteiger partial charge in [0, 0.05) is 29.6 Å². The van der Waals surface area contributed by atoms with Crippen LogP contribution in [0.2, 0.25) is 0 Å². The van der Waals surface area contributed by atoms with E-state index in [9.17, 15) is 18.3 Å². The van der Waals surface area contributed by atoms with Crippen LogP contribution in [-0.2, 0) is 22.3 Å². The zero-order valence-corrected chi connectivity index (χ0v) is 27.6. The molecule has 2 atom stereocenters. The first-order valence-electron chi connectivity index (χ1n) is 16.9. The predicted octanol–water partition coefficient (Wildman–Crippen LogP) is 5.52. The topological polar surface area (TPSA) is 117 Å². The molecule has 3 aromatic rings. The van der Waals surface area contributed by atoms with E-state index in [1.165, 1.54) is 24.5 Å². The Morgan fingerprint density at radius 2 is 1.70 bits per heavy atom. The summed E-state index contributed by atoms with van der Waals surface area (Å²) in [5.41, 5.74) is 0.150. The Kier molecular flexibility index (Phi) is 9.96. The van der Waals surface area contributed by atoms with Gasteiger partial charge in [-0.25, -0.2) is 31.6 Å². The van der Waals surface area contributed by atoms with E-state index in [0.717, 1.165) is 25.7 Å². The van der Waals surface area contributed by atoms with Gasteiger partial charge in [0.05, 0.1) is 35.1 Å². The summed E-state index contributed by atoms with van der Waals surface area (Å²) in [5.74, 6) is -5.25. The number of rotatable bonds is 2. The van der Waals surface area contributed by atoms with Gasteiger partial charge in [-0.2, -0.15) is 0 Å². The third-order valence-electron chi connectivity index (χ3n) is 10.6. The number of anilines is 1. The second kappa shape index (κ2) is 13.8. The van der Waals surface area contributed by atoms with Crippen molar-refractivity contribution >= 4 is 26.7 Å². The van der Waals surface area contributed by atoms with Crippen LogP contribution in [0.4, 0.5) is 19.0 Å². The van der Waals surface area contributed by atoms with Gasteiger partial charge >= 0.3 is 0 Å². The maximum absolute atomic E-state index is 16.1. The molecule has 2 aromatic heterocycles. The van der Waals surface area contributed by atoms with Gasteiger partial charge in [0.15, 0.2) is 0 Å². The van der Waals surface area contributed by atoms with E-state index in [0.29, 0.717) is 61.3 Å². The van der Waals surface area contributed by atoms with Crippen LogP contribution in [0.3, 0.4) is 0 Å². The standard InChI is InChI=1S/C34H44F3N5O4S/c1-22-26-8-6-9-29(30(26)35)34(36,37)24-10-15-41(16-11-24)25(20-43)7-4-2-3-5-14-42-32-28(31(40-22)38-21-39-32)19-27(33(42)44)23-12-17-47(45,46)18-13-23/h6,8-9,19,21-25,43H,2-5,7,10-18,20H2,1H3,(H,38,39,40)/t22-,25?/m1/s1. The number of sulfone groups is 1. The highest BCUT2D eigenvalue weighted by molar-refractivity contribution is 7.91. The van der Waals surface area contributed by atoms with Crippen molar-refractivity contribution in [1.29, 1.82) is 0 Å². The zero-order valence-electron chi connectivity index (χ0n) is 26.8. The monoisotopic (exact) mass is 675 g/mol. The summed E-state index contributed by atoms with van der Waals surface area (Å²) >= 11 is 0. The molecule has 2 N–H and O–H groups in total. The number of aliphatic hydroxyl groups excluding tert-OH is 1. The molecule has 0 aliphatic carbocycles.